The standard InChI is InChI=1S/C14H20N2O2/c1-18-12-8-11(9-12)16-14(17)13(15)7-10-5-3-2-4-6-10/h2-6,11-13H,7-9,15H2,1H3,(H,16,17). The Bertz CT molecular complexity index is 388. The zero-order chi connectivity index (χ0) is 13.0. The van der Waals surface area contributed by atoms with Gasteiger partial charge in [-0.25, -0.2) is 0 Å². The lowest BCUT2D eigenvalue weighted by atomic mass is 9.89. The van der Waals surface area contributed by atoms with E-state index < -0.39 is 6.04 Å². The monoisotopic (exact) mass is 248 g/mol. The first-order valence-electron chi connectivity index (χ1n) is 6.31. The lowest BCUT2D eigenvalue weighted by molar-refractivity contribution is -0.124. The largest absolute Gasteiger partial charge is 0.381 e. The molecule has 0 bridgehead atoms. The van der Waals surface area contributed by atoms with Gasteiger partial charge in [0.1, 0.15) is 0 Å². The Kier molecular flexibility index (Phi) is 4.33. The third-order valence-corrected chi connectivity index (χ3v) is 3.41. The third kappa shape index (κ3) is 3.31. The van der Waals surface area contributed by atoms with Crippen LogP contribution in [0, 0.1) is 0 Å². The van der Waals surface area contributed by atoms with Crippen molar-refractivity contribution in [2.45, 2.75) is 37.5 Å². The fourth-order valence-electron chi connectivity index (χ4n) is 2.14. The zero-order valence-corrected chi connectivity index (χ0v) is 10.6. The minimum Gasteiger partial charge on any atom is -0.381 e. The van der Waals surface area contributed by atoms with Gasteiger partial charge in [0.15, 0.2) is 0 Å². The average Bonchev–Trinajstić information content (AvgIpc) is 2.34. The second-order valence-corrected chi connectivity index (χ2v) is 4.83. The summed E-state index contributed by atoms with van der Waals surface area (Å²) < 4.78 is 5.17. The molecule has 1 unspecified atom stereocenters. The second-order valence-electron chi connectivity index (χ2n) is 4.83. The van der Waals surface area contributed by atoms with Crippen LogP contribution in [0.1, 0.15) is 18.4 Å². The Labute approximate surface area is 108 Å². The molecule has 1 aromatic carbocycles. The number of hydrogen-bond donors (Lipinski definition) is 2. The highest BCUT2D eigenvalue weighted by molar-refractivity contribution is 5.82. The van der Waals surface area contributed by atoms with Crippen LogP contribution >= 0.6 is 0 Å². The van der Waals surface area contributed by atoms with Crippen LogP contribution in [0.25, 0.3) is 0 Å². The molecule has 0 aliphatic heterocycles. The van der Waals surface area contributed by atoms with Crippen LogP contribution in [0.5, 0.6) is 0 Å². The molecule has 1 atom stereocenters. The van der Waals surface area contributed by atoms with Gasteiger partial charge < -0.3 is 15.8 Å². The SMILES string of the molecule is COC1CC(NC(=O)C(N)Cc2ccccc2)C1. The van der Waals surface area contributed by atoms with Gasteiger partial charge in [-0.3, -0.25) is 4.79 Å². The number of rotatable bonds is 5. The van der Waals surface area contributed by atoms with Gasteiger partial charge in [-0.15, -0.1) is 0 Å². The van der Waals surface area contributed by atoms with E-state index in [1.807, 2.05) is 30.3 Å². The normalized spacial score (nSPS) is 24.1. The molecule has 0 saturated heterocycles. The van der Waals surface area contributed by atoms with Gasteiger partial charge >= 0.3 is 0 Å². The molecule has 1 aromatic rings. The average molecular weight is 248 g/mol. The fourth-order valence-corrected chi connectivity index (χ4v) is 2.14. The molecule has 2 rings (SSSR count). The number of benzene rings is 1. The van der Waals surface area contributed by atoms with Crippen LogP contribution in [0.4, 0.5) is 0 Å². The van der Waals surface area contributed by atoms with Gasteiger partial charge in [-0.2, -0.15) is 0 Å². The number of nitrogens with one attached hydrogen (secondary N) is 1. The first-order valence-corrected chi connectivity index (χ1v) is 6.31. The van der Waals surface area contributed by atoms with E-state index in [-0.39, 0.29) is 11.9 Å². The molecule has 1 aliphatic rings. The first-order chi connectivity index (χ1) is 8.69. The smallest absolute Gasteiger partial charge is 0.237 e. The maximum Gasteiger partial charge on any atom is 0.237 e. The predicted molar refractivity (Wildman–Crippen MR) is 70.1 cm³/mol. The molecule has 0 spiro atoms. The van der Waals surface area contributed by atoms with Crippen molar-refractivity contribution in [3.05, 3.63) is 35.9 Å². The van der Waals surface area contributed by atoms with Gasteiger partial charge in [0.05, 0.1) is 12.1 Å². The summed E-state index contributed by atoms with van der Waals surface area (Å²) in [6, 6.07) is 9.58. The van der Waals surface area contributed by atoms with Crippen LogP contribution in [-0.2, 0) is 16.0 Å². The minimum atomic E-state index is -0.478. The topological polar surface area (TPSA) is 64.3 Å². The number of hydrogen-bond acceptors (Lipinski definition) is 3. The van der Waals surface area contributed by atoms with Crippen molar-refractivity contribution in [1.82, 2.24) is 5.32 Å². The number of amides is 1. The second kappa shape index (κ2) is 5.98. The quantitative estimate of drug-likeness (QED) is 0.812. The van der Waals surface area contributed by atoms with Crippen LogP contribution in [0.15, 0.2) is 30.3 Å². The summed E-state index contributed by atoms with van der Waals surface area (Å²) >= 11 is 0. The molecule has 1 fully saturated rings. The maximum absolute atomic E-state index is 11.9. The number of carbonyl (C=O) groups excluding carboxylic acids is 1. The van der Waals surface area contributed by atoms with Crippen molar-refractivity contribution in [3.8, 4) is 0 Å². The van der Waals surface area contributed by atoms with E-state index in [0.717, 1.165) is 18.4 Å². The molecular formula is C14H20N2O2. The lowest BCUT2D eigenvalue weighted by Crippen LogP contribution is -2.52. The fraction of sp³-hybridized carbons (Fsp3) is 0.500. The van der Waals surface area contributed by atoms with Crippen molar-refractivity contribution < 1.29 is 9.53 Å². The third-order valence-electron chi connectivity index (χ3n) is 3.41. The summed E-state index contributed by atoms with van der Waals surface area (Å²) in [6.45, 7) is 0. The number of nitrogens with two attached hydrogens (primary N) is 1. The molecule has 3 N–H and O–H groups in total. The summed E-state index contributed by atoms with van der Waals surface area (Å²) in [5.74, 6) is -0.0709. The minimum absolute atomic E-state index is 0.0709. The van der Waals surface area contributed by atoms with E-state index in [2.05, 4.69) is 5.32 Å². The molecule has 98 valence electrons. The number of carbonyl (C=O) groups is 1. The molecule has 0 heterocycles. The van der Waals surface area contributed by atoms with E-state index in [0.29, 0.717) is 12.5 Å². The van der Waals surface area contributed by atoms with Gasteiger partial charge in [-0.1, -0.05) is 30.3 Å². The van der Waals surface area contributed by atoms with Crippen molar-refractivity contribution in [2.24, 2.45) is 5.73 Å². The highest BCUT2D eigenvalue weighted by Gasteiger charge is 2.31. The molecule has 0 aromatic heterocycles. The van der Waals surface area contributed by atoms with Crippen LogP contribution in [0.3, 0.4) is 0 Å². The van der Waals surface area contributed by atoms with E-state index in [9.17, 15) is 4.79 Å². The van der Waals surface area contributed by atoms with Gasteiger partial charge in [0.25, 0.3) is 0 Å². The Morgan fingerprint density at radius 3 is 2.72 bits per heavy atom. The molecule has 0 radical (unpaired) electrons. The lowest BCUT2D eigenvalue weighted by Gasteiger charge is -2.35. The number of ether oxygens (including phenoxy) is 1. The van der Waals surface area contributed by atoms with E-state index >= 15 is 0 Å². The molecule has 4 heteroatoms. The molecule has 4 nitrogen and oxygen atoms in total. The summed E-state index contributed by atoms with van der Waals surface area (Å²) in [5.41, 5.74) is 6.99. The summed E-state index contributed by atoms with van der Waals surface area (Å²) in [4.78, 5) is 11.9. The van der Waals surface area contributed by atoms with Crippen molar-refractivity contribution in [2.75, 3.05) is 7.11 Å². The van der Waals surface area contributed by atoms with Gasteiger partial charge in [0.2, 0.25) is 5.91 Å². The molecule has 1 saturated carbocycles. The Balaban J connectivity index is 1.76. The summed E-state index contributed by atoms with van der Waals surface area (Å²) in [6.07, 6.45) is 2.65. The summed E-state index contributed by atoms with van der Waals surface area (Å²) in [7, 11) is 1.70. The predicted octanol–water partition coefficient (Wildman–Crippen LogP) is 0.850. The van der Waals surface area contributed by atoms with Crippen LogP contribution in [-0.4, -0.2) is 31.2 Å². The van der Waals surface area contributed by atoms with Crippen LogP contribution < -0.4 is 11.1 Å². The van der Waals surface area contributed by atoms with E-state index in [4.69, 9.17) is 10.5 Å². The van der Waals surface area contributed by atoms with Crippen LogP contribution in [0.2, 0.25) is 0 Å². The Morgan fingerprint density at radius 2 is 2.11 bits per heavy atom. The van der Waals surface area contributed by atoms with Gasteiger partial charge in [0, 0.05) is 13.2 Å². The molecule has 1 aliphatic carbocycles. The summed E-state index contributed by atoms with van der Waals surface area (Å²) in [5, 5.41) is 2.96. The van der Waals surface area contributed by atoms with E-state index in [1.165, 1.54) is 0 Å². The van der Waals surface area contributed by atoms with Crippen molar-refractivity contribution in [1.29, 1.82) is 0 Å². The zero-order valence-electron chi connectivity index (χ0n) is 10.6. The highest BCUT2D eigenvalue weighted by atomic mass is 16.5. The van der Waals surface area contributed by atoms with E-state index in [1.54, 1.807) is 7.11 Å². The van der Waals surface area contributed by atoms with Crippen molar-refractivity contribution in [3.63, 3.8) is 0 Å². The molecular weight excluding hydrogens is 228 g/mol. The maximum atomic E-state index is 11.9. The van der Waals surface area contributed by atoms with Gasteiger partial charge in [-0.05, 0) is 24.8 Å². The molecule has 18 heavy (non-hydrogen) atoms. The number of methoxy groups -OCH3 is 1. The Hall–Kier alpha value is -1.39. The van der Waals surface area contributed by atoms with Crippen molar-refractivity contribution >= 4 is 5.91 Å². The first kappa shape index (κ1) is 13.1. The highest BCUT2D eigenvalue weighted by Crippen LogP contribution is 2.22. The Morgan fingerprint density at radius 1 is 1.44 bits per heavy atom. The molecule has 1 amide bonds.